The third kappa shape index (κ3) is 2.73. The molecule has 0 unspecified atom stereocenters. The SMILES string of the molecule is Cl.NCCc1c(-c2ccccn2)[nH]c2ccc(Br)cc12. The van der Waals surface area contributed by atoms with Gasteiger partial charge in [-0.2, -0.15) is 0 Å². The minimum Gasteiger partial charge on any atom is -0.353 e. The average molecular weight is 353 g/mol. The van der Waals surface area contributed by atoms with Gasteiger partial charge in [-0.3, -0.25) is 4.98 Å². The Balaban J connectivity index is 0.00000147. The number of benzene rings is 1. The van der Waals surface area contributed by atoms with Gasteiger partial charge in [-0.05, 0) is 48.9 Å². The highest BCUT2D eigenvalue weighted by molar-refractivity contribution is 9.10. The van der Waals surface area contributed by atoms with Crippen molar-refractivity contribution in [3.8, 4) is 11.4 Å². The van der Waals surface area contributed by atoms with Crippen molar-refractivity contribution in [1.29, 1.82) is 0 Å². The van der Waals surface area contributed by atoms with Crippen molar-refractivity contribution in [3.05, 3.63) is 52.6 Å². The number of aromatic nitrogens is 2. The van der Waals surface area contributed by atoms with Crippen LogP contribution in [0.3, 0.4) is 0 Å². The lowest BCUT2D eigenvalue weighted by Crippen LogP contribution is -2.03. The molecule has 2 heterocycles. The molecule has 0 spiro atoms. The number of nitrogens with two attached hydrogens (primary N) is 1. The summed E-state index contributed by atoms with van der Waals surface area (Å²) in [6.07, 6.45) is 2.64. The van der Waals surface area contributed by atoms with Gasteiger partial charge in [0, 0.05) is 21.6 Å². The molecule has 3 N–H and O–H groups in total. The van der Waals surface area contributed by atoms with E-state index in [0.717, 1.165) is 27.8 Å². The van der Waals surface area contributed by atoms with Crippen molar-refractivity contribution < 1.29 is 0 Å². The first-order chi connectivity index (χ1) is 9.29. The summed E-state index contributed by atoms with van der Waals surface area (Å²) in [5, 5.41) is 1.21. The van der Waals surface area contributed by atoms with E-state index in [0.29, 0.717) is 6.54 Å². The van der Waals surface area contributed by atoms with E-state index in [2.05, 4.69) is 38.0 Å². The highest BCUT2D eigenvalue weighted by Crippen LogP contribution is 2.31. The number of hydrogen-bond acceptors (Lipinski definition) is 2. The van der Waals surface area contributed by atoms with Gasteiger partial charge in [0.1, 0.15) is 0 Å². The molecule has 20 heavy (non-hydrogen) atoms. The van der Waals surface area contributed by atoms with E-state index in [1.165, 1.54) is 10.9 Å². The van der Waals surface area contributed by atoms with Crippen LogP contribution in [-0.4, -0.2) is 16.5 Å². The number of fused-ring (bicyclic) bond motifs is 1. The fourth-order valence-electron chi connectivity index (χ4n) is 2.35. The largest absolute Gasteiger partial charge is 0.353 e. The maximum absolute atomic E-state index is 5.75. The normalized spacial score (nSPS) is 10.5. The third-order valence-electron chi connectivity index (χ3n) is 3.18. The lowest BCUT2D eigenvalue weighted by Gasteiger charge is -2.02. The first-order valence-electron chi connectivity index (χ1n) is 6.21. The lowest BCUT2D eigenvalue weighted by molar-refractivity contribution is 0.976. The van der Waals surface area contributed by atoms with E-state index >= 15 is 0 Å². The van der Waals surface area contributed by atoms with E-state index in [9.17, 15) is 0 Å². The van der Waals surface area contributed by atoms with Gasteiger partial charge in [-0.1, -0.05) is 22.0 Å². The highest BCUT2D eigenvalue weighted by atomic mass is 79.9. The Bertz CT molecular complexity index is 710. The van der Waals surface area contributed by atoms with Crippen molar-refractivity contribution >= 4 is 39.2 Å². The van der Waals surface area contributed by atoms with E-state index in [1.54, 1.807) is 0 Å². The minimum atomic E-state index is 0. The molecule has 3 rings (SSSR count). The molecule has 104 valence electrons. The van der Waals surface area contributed by atoms with Gasteiger partial charge in [-0.15, -0.1) is 12.4 Å². The molecule has 0 atom stereocenters. The topological polar surface area (TPSA) is 54.7 Å². The molecule has 0 aliphatic carbocycles. The summed E-state index contributed by atoms with van der Waals surface area (Å²) in [6, 6.07) is 12.2. The molecule has 0 amide bonds. The molecular weight excluding hydrogens is 338 g/mol. The molecule has 3 aromatic rings. The zero-order chi connectivity index (χ0) is 13.2. The van der Waals surface area contributed by atoms with Crippen molar-refractivity contribution in [2.45, 2.75) is 6.42 Å². The van der Waals surface area contributed by atoms with E-state index in [-0.39, 0.29) is 12.4 Å². The van der Waals surface area contributed by atoms with Crippen molar-refractivity contribution in [3.63, 3.8) is 0 Å². The molecule has 0 aliphatic rings. The molecule has 0 saturated carbocycles. The molecule has 0 bridgehead atoms. The molecule has 0 fully saturated rings. The number of nitrogens with zero attached hydrogens (tertiary/aromatic N) is 1. The van der Waals surface area contributed by atoms with Crippen LogP contribution < -0.4 is 5.73 Å². The number of rotatable bonds is 3. The van der Waals surface area contributed by atoms with Gasteiger partial charge >= 0.3 is 0 Å². The van der Waals surface area contributed by atoms with E-state index in [1.807, 2.05) is 30.5 Å². The molecule has 2 aromatic heterocycles. The second-order valence-corrected chi connectivity index (χ2v) is 5.34. The summed E-state index contributed by atoms with van der Waals surface area (Å²) in [7, 11) is 0. The van der Waals surface area contributed by atoms with Crippen LogP contribution in [0.25, 0.3) is 22.3 Å². The summed E-state index contributed by atoms with van der Waals surface area (Å²) in [5.41, 5.74) is 10.1. The fourth-order valence-corrected chi connectivity index (χ4v) is 2.71. The maximum atomic E-state index is 5.75. The minimum absolute atomic E-state index is 0. The number of aromatic amines is 1. The molecule has 0 aliphatic heterocycles. The molecule has 5 heteroatoms. The number of nitrogens with one attached hydrogen (secondary N) is 1. The Labute approximate surface area is 132 Å². The Morgan fingerprint density at radius 3 is 2.75 bits per heavy atom. The van der Waals surface area contributed by atoms with Crippen molar-refractivity contribution in [1.82, 2.24) is 9.97 Å². The van der Waals surface area contributed by atoms with Gasteiger partial charge in [0.25, 0.3) is 0 Å². The van der Waals surface area contributed by atoms with Crippen molar-refractivity contribution in [2.24, 2.45) is 5.73 Å². The highest BCUT2D eigenvalue weighted by Gasteiger charge is 2.13. The summed E-state index contributed by atoms with van der Waals surface area (Å²) in [4.78, 5) is 7.88. The number of H-pyrrole nitrogens is 1. The summed E-state index contributed by atoms with van der Waals surface area (Å²) in [5.74, 6) is 0. The Hall–Kier alpha value is -1.36. The van der Waals surface area contributed by atoms with Crippen LogP contribution in [0.15, 0.2) is 47.1 Å². The number of halogens is 2. The number of pyridine rings is 1. The summed E-state index contributed by atoms with van der Waals surface area (Å²) in [6.45, 7) is 0.624. The summed E-state index contributed by atoms with van der Waals surface area (Å²) >= 11 is 3.52. The Kier molecular flexibility index (Phi) is 4.81. The van der Waals surface area contributed by atoms with Crippen LogP contribution in [0.1, 0.15) is 5.56 Å². The Morgan fingerprint density at radius 1 is 1.20 bits per heavy atom. The second-order valence-electron chi connectivity index (χ2n) is 4.42. The van der Waals surface area contributed by atoms with Gasteiger partial charge in [-0.25, -0.2) is 0 Å². The van der Waals surface area contributed by atoms with Crippen molar-refractivity contribution in [2.75, 3.05) is 6.54 Å². The van der Waals surface area contributed by atoms with Gasteiger partial charge in [0.2, 0.25) is 0 Å². The lowest BCUT2D eigenvalue weighted by atomic mass is 10.1. The van der Waals surface area contributed by atoms with Crippen LogP contribution in [0.2, 0.25) is 0 Å². The van der Waals surface area contributed by atoms with Gasteiger partial charge < -0.3 is 10.7 Å². The average Bonchev–Trinajstić information content (AvgIpc) is 2.79. The molecular formula is C15H15BrClN3. The standard InChI is InChI=1S/C15H14BrN3.ClH/c16-10-4-5-13-12(9-10)11(6-7-17)15(19-13)14-3-1-2-8-18-14;/h1-5,8-9,19H,6-7,17H2;1H. The van der Waals surface area contributed by atoms with E-state index in [4.69, 9.17) is 5.73 Å². The van der Waals surface area contributed by atoms with Gasteiger partial charge in [0.15, 0.2) is 0 Å². The monoisotopic (exact) mass is 351 g/mol. The molecule has 0 radical (unpaired) electrons. The predicted molar refractivity (Wildman–Crippen MR) is 89.2 cm³/mol. The molecule has 3 nitrogen and oxygen atoms in total. The summed E-state index contributed by atoms with van der Waals surface area (Å²) < 4.78 is 1.07. The van der Waals surface area contributed by atoms with Crippen LogP contribution in [0.4, 0.5) is 0 Å². The predicted octanol–water partition coefficient (Wildman–Crippen LogP) is 3.92. The number of hydrogen-bond donors (Lipinski definition) is 2. The van der Waals surface area contributed by atoms with Gasteiger partial charge in [0.05, 0.1) is 11.4 Å². The fraction of sp³-hybridized carbons (Fsp3) is 0.133. The molecule has 0 saturated heterocycles. The van der Waals surface area contributed by atoms with E-state index < -0.39 is 0 Å². The first kappa shape index (κ1) is 15.0. The quantitative estimate of drug-likeness (QED) is 0.751. The second kappa shape index (κ2) is 6.39. The van der Waals surface area contributed by atoms with Crippen LogP contribution >= 0.6 is 28.3 Å². The zero-order valence-corrected chi connectivity index (χ0v) is 13.2. The third-order valence-corrected chi connectivity index (χ3v) is 3.68. The van der Waals surface area contributed by atoms with Crippen LogP contribution in [0.5, 0.6) is 0 Å². The van der Waals surface area contributed by atoms with Crippen LogP contribution in [0, 0.1) is 0 Å². The van der Waals surface area contributed by atoms with Crippen LogP contribution in [-0.2, 0) is 6.42 Å². The Morgan fingerprint density at radius 2 is 2.05 bits per heavy atom. The molecule has 1 aromatic carbocycles. The maximum Gasteiger partial charge on any atom is 0.0867 e. The zero-order valence-electron chi connectivity index (χ0n) is 10.8. The first-order valence-corrected chi connectivity index (χ1v) is 7.00. The smallest absolute Gasteiger partial charge is 0.0867 e.